The topological polar surface area (TPSA) is 82.1 Å². The van der Waals surface area contributed by atoms with Crippen LogP contribution in [0.25, 0.3) is 23.3 Å². The number of carbonyl (C=O) groups excluding carboxylic acids is 2. The van der Waals surface area contributed by atoms with Crippen LogP contribution in [0.3, 0.4) is 0 Å². The molecule has 0 fully saturated rings. The van der Waals surface area contributed by atoms with Gasteiger partial charge in [0.15, 0.2) is 0 Å². The van der Waals surface area contributed by atoms with Gasteiger partial charge in [0.25, 0.3) is 5.91 Å². The number of halogens is 1. The molecule has 0 aliphatic rings. The van der Waals surface area contributed by atoms with Crippen LogP contribution in [-0.4, -0.2) is 34.9 Å². The summed E-state index contributed by atoms with van der Waals surface area (Å²) in [5.41, 5.74) is 4.66. The van der Waals surface area contributed by atoms with Crippen LogP contribution >= 0.6 is 23.4 Å². The average molecular weight is 487 g/mol. The van der Waals surface area contributed by atoms with Gasteiger partial charge >= 0.3 is 18.9 Å². The van der Waals surface area contributed by atoms with Crippen molar-refractivity contribution in [1.82, 2.24) is 10.3 Å². The van der Waals surface area contributed by atoms with Crippen molar-refractivity contribution < 1.29 is 33.6 Å². The van der Waals surface area contributed by atoms with Gasteiger partial charge < -0.3 is 15.2 Å². The minimum atomic E-state index is -1.29. The third-order valence-corrected chi connectivity index (χ3v) is 6.16. The molecule has 3 aromatic rings. The number of amides is 1. The van der Waals surface area contributed by atoms with Crippen molar-refractivity contribution in [1.29, 1.82) is 0 Å². The van der Waals surface area contributed by atoms with Crippen molar-refractivity contribution >= 4 is 47.4 Å². The molecule has 1 amide bonds. The monoisotopic (exact) mass is 486 g/mol. The molecular weight excluding hydrogens is 463 g/mol. The molecule has 0 aliphatic carbocycles. The first-order chi connectivity index (χ1) is 15.9. The van der Waals surface area contributed by atoms with E-state index >= 15 is 0 Å². The van der Waals surface area contributed by atoms with E-state index in [1.54, 1.807) is 24.5 Å². The minimum absolute atomic E-state index is 0. The van der Waals surface area contributed by atoms with E-state index < -0.39 is 17.9 Å². The van der Waals surface area contributed by atoms with Crippen LogP contribution in [0.1, 0.15) is 33.5 Å². The molecule has 5 nitrogen and oxygen atoms in total. The van der Waals surface area contributed by atoms with Crippen molar-refractivity contribution in [2.45, 2.75) is 19.4 Å². The van der Waals surface area contributed by atoms with Crippen LogP contribution in [0.5, 0.6) is 0 Å². The zero-order valence-corrected chi connectivity index (χ0v) is 21.0. The smallest absolute Gasteiger partial charge is 0.548 e. The number of aryl methyl sites for hydroxylation is 1. The Hall–Kier alpha value is -2.49. The van der Waals surface area contributed by atoms with Crippen LogP contribution < -0.4 is 29.3 Å². The number of rotatable bonds is 9. The van der Waals surface area contributed by atoms with E-state index in [1.165, 1.54) is 11.8 Å². The fourth-order valence-corrected chi connectivity index (χ4v) is 4.02. The molecule has 0 aliphatic heterocycles. The molecule has 1 heterocycles. The molecule has 0 bridgehead atoms. The molecule has 0 spiro atoms. The number of hydrogen-bond acceptors (Lipinski definition) is 5. The van der Waals surface area contributed by atoms with Gasteiger partial charge in [-0.05, 0) is 65.8 Å². The predicted molar refractivity (Wildman–Crippen MR) is 134 cm³/mol. The Kier molecular flexibility index (Phi) is 10.9. The molecule has 2 aromatic carbocycles. The largest absolute Gasteiger partial charge is 1.00 e. The van der Waals surface area contributed by atoms with Gasteiger partial charge in [-0.2, -0.15) is 11.8 Å². The van der Waals surface area contributed by atoms with Gasteiger partial charge in [0.05, 0.1) is 17.0 Å². The number of aromatic nitrogens is 1. The minimum Gasteiger partial charge on any atom is -0.548 e. The Bertz CT molecular complexity index is 1190. The van der Waals surface area contributed by atoms with Gasteiger partial charge in [0.2, 0.25) is 0 Å². The van der Waals surface area contributed by atoms with Crippen LogP contribution in [0, 0.1) is 6.92 Å². The van der Waals surface area contributed by atoms with E-state index in [-0.39, 0.29) is 18.9 Å². The summed E-state index contributed by atoms with van der Waals surface area (Å²) in [7, 11) is 0. The van der Waals surface area contributed by atoms with E-state index in [1.807, 2.05) is 61.7 Å². The van der Waals surface area contributed by atoms with E-state index in [4.69, 9.17) is 11.6 Å². The summed E-state index contributed by atoms with van der Waals surface area (Å²) >= 11 is 7.73. The number of benzene rings is 2. The first-order valence-corrected chi connectivity index (χ1v) is 12.2. The fourth-order valence-electron chi connectivity index (χ4n) is 3.38. The first kappa shape index (κ1) is 27.7. The number of aliphatic carboxylic acids is 1. The third kappa shape index (κ3) is 7.25. The Balaban J connectivity index is 0.00000408. The number of carboxylic acids is 1. The molecule has 1 aromatic heterocycles. The van der Waals surface area contributed by atoms with Crippen molar-refractivity contribution in [2.24, 2.45) is 0 Å². The summed E-state index contributed by atoms with van der Waals surface area (Å²) in [4.78, 5) is 28.7. The Morgan fingerprint density at radius 1 is 1.15 bits per heavy atom. The molecule has 0 saturated carbocycles. The number of thioether (sulfide) groups is 1. The molecule has 1 atom stereocenters. The maximum Gasteiger partial charge on any atom is 1.00 e. The predicted octanol–water partition coefficient (Wildman–Crippen LogP) is 1.49. The third-order valence-electron chi connectivity index (χ3n) is 5.18. The maximum atomic E-state index is 13.1. The van der Waals surface area contributed by atoms with Gasteiger partial charge in [-0.25, -0.2) is 0 Å². The first-order valence-electron chi connectivity index (χ1n) is 10.4. The molecule has 8 heteroatoms. The zero-order chi connectivity index (χ0) is 23.8. The number of nitrogens with one attached hydrogen (secondary N) is 1. The van der Waals surface area contributed by atoms with Gasteiger partial charge in [-0.3, -0.25) is 9.78 Å². The Morgan fingerprint density at radius 3 is 2.59 bits per heavy atom. The van der Waals surface area contributed by atoms with Gasteiger partial charge in [-0.15, -0.1) is 0 Å². The normalized spacial score (nSPS) is 11.6. The Labute approximate surface area is 221 Å². The zero-order valence-electron chi connectivity index (χ0n) is 19.4. The van der Waals surface area contributed by atoms with E-state index in [0.717, 1.165) is 22.3 Å². The molecule has 1 unspecified atom stereocenters. The molecular formula is C26H24ClLiN2O3S. The summed E-state index contributed by atoms with van der Waals surface area (Å²) in [5, 5.41) is 14.7. The number of nitrogens with zero attached hydrogens (tertiary/aromatic N) is 1. The van der Waals surface area contributed by atoms with Crippen LogP contribution in [0.15, 0.2) is 60.9 Å². The number of pyridine rings is 1. The van der Waals surface area contributed by atoms with Gasteiger partial charge in [0.1, 0.15) is 0 Å². The van der Waals surface area contributed by atoms with Crippen LogP contribution in [-0.2, 0) is 4.79 Å². The molecule has 0 saturated heterocycles. The van der Waals surface area contributed by atoms with Crippen LogP contribution in [0.4, 0.5) is 0 Å². The second kappa shape index (κ2) is 13.4. The Morgan fingerprint density at radius 2 is 1.91 bits per heavy atom. The molecule has 1 N–H and O–H groups in total. The molecule has 170 valence electrons. The number of hydrogen-bond donors (Lipinski definition) is 1. The molecule has 0 radical (unpaired) electrons. The summed E-state index contributed by atoms with van der Waals surface area (Å²) < 4.78 is 0. The number of carboxylic acid groups (broad SMARTS) is 1. The van der Waals surface area contributed by atoms with Gasteiger partial charge in [0, 0.05) is 23.5 Å². The molecule has 3 rings (SSSR count). The fraction of sp³-hybridized carbons (Fsp3) is 0.192. The van der Waals surface area contributed by atoms with Gasteiger partial charge in [-0.1, -0.05) is 54.1 Å². The maximum absolute atomic E-state index is 13.1. The standard InChI is InChI=1S/C26H25ClN2O3S.Li/c1-17-5-3-4-6-20(17)22-15-18(7-9-19-16-28-13-11-23(19)27)8-10-21(22)25(30)29-24(26(31)32)12-14-33-2;/h3-11,13,15-16,24H,12,14H2,1-2H3,(H,29,30)(H,31,32);/q;+1/p-1/b9-7+;. The van der Waals surface area contributed by atoms with Crippen molar-refractivity contribution in [3.8, 4) is 11.1 Å². The van der Waals surface area contributed by atoms with Crippen LogP contribution in [0.2, 0.25) is 5.02 Å². The summed E-state index contributed by atoms with van der Waals surface area (Å²) in [6.07, 6.45) is 9.24. The van der Waals surface area contributed by atoms with E-state index in [0.29, 0.717) is 28.3 Å². The molecule has 34 heavy (non-hydrogen) atoms. The summed E-state index contributed by atoms with van der Waals surface area (Å²) in [5.74, 6) is -1.14. The number of carbonyl (C=O) groups is 2. The van der Waals surface area contributed by atoms with E-state index in [9.17, 15) is 14.7 Å². The van der Waals surface area contributed by atoms with Crippen molar-refractivity contribution in [2.75, 3.05) is 12.0 Å². The van der Waals surface area contributed by atoms with Crippen molar-refractivity contribution in [3.63, 3.8) is 0 Å². The second-order valence-electron chi connectivity index (χ2n) is 7.48. The van der Waals surface area contributed by atoms with Crippen molar-refractivity contribution in [3.05, 3.63) is 88.2 Å². The average Bonchev–Trinajstić information content (AvgIpc) is 2.81. The summed E-state index contributed by atoms with van der Waals surface area (Å²) in [6.45, 7) is 1.97. The van der Waals surface area contributed by atoms with E-state index in [2.05, 4.69) is 10.3 Å². The quantitative estimate of drug-likeness (QED) is 0.463. The summed E-state index contributed by atoms with van der Waals surface area (Å²) in [6, 6.07) is 13.9. The SMILES string of the molecule is CSCCC(NC(=O)c1ccc(/C=C/c2cnccc2Cl)cc1-c1ccccc1C)C(=O)[O-].[Li+]. The second-order valence-corrected chi connectivity index (χ2v) is 8.87.